The summed E-state index contributed by atoms with van der Waals surface area (Å²) in [4.78, 5) is 20.0. The van der Waals surface area contributed by atoms with Crippen molar-refractivity contribution in [3.05, 3.63) is 22.9 Å². The first-order valence-corrected chi connectivity index (χ1v) is 7.45. The number of nitrogens with one attached hydrogen (secondary N) is 1. The Morgan fingerprint density at radius 2 is 2.00 bits per heavy atom. The Morgan fingerprint density at radius 1 is 1.36 bits per heavy atom. The molecule has 0 aromatic heterocycles. The fourth-order valence-corrected chi connectivity index (χ4v) is 2.83. The Labute approximate surface area is 142 Å². The minimum Gasteiger partial charge on any atom is -0.475 e. The van der Waals surface area contributed by atoms with Crippen molar-refractivity contribution in [3.8, 4) is 11.3 Å². The maximum Gasteiger partial charge on any atom is 0.490 e. The first-order chi connectivity index (χ1) is 11.6. The second-order valence-electron chi connectivity index (χ2n) is 4.78. The molecule has 0 bridgehead atoms. The number of carboxylic acid groups (broad SMARTS) is 1. The van der Waals surface area contributed by atoms with Crippen LogP contribution in [0.25, 0.3) is 11.3 Å². The minimum absolute atomic E-state index is 0.186. The molecule has 25 heavy (non-hydrogen) atoms. The summed E-state index contributed by atoms with van der Waals surface area (Å²) in [5.41, 5.74) is 15.1. The van der Waals surface area contributed by atoms with E-state index in [4.69, 9.17) is 21.4 Å². The van der Waals surface area contributed by atoms with Gasteiger partial charge >= 0.3 is 12.1 Å². The summed E-state index contributed by atoms with van der Waals surface area (Å²) in [6.45, 7) is 0. The summed E-state index contributed by atoms with van der Waals surface area (Å²) in [6, 6.07) is 1.84. The van der Waals surface area contributed by atoms with E-state index >= 15 is 0 Å². The lowest BCUT2D eigenvalue weighted by Gasteiger charge is -2.04. The molecule has 6 N–H and O–H groups in total. The number of carboxylic acids is 1. The number of aromatic nitrogens is 3. The quantitative estimate of drug-likeness (QED) is 0.553. The van der Waals surface area contributed by atoms with E-state index in [9.17, 15) is 18.0 Å². The van der Waals surface area contributed by atoms with Crippen molar-refractivity contribution in [1.29, 1.82) is 0 Å². The van der Waals surface area contributed by atoms with E-state index in [1.807, 2.05) is 6.07 Å². The number of carbonyl (C=O) groups is 2. The summed E-state index contributed by atoms with van der Waals surface area (Å²) in [5, 5.41) is 17.8. The van der Waals surface area contributed by atoms with Gasteiger partial charge in [-0.15, -0.1) is 0 Å². The van der Waals surface area contributed by atoms with Gasteiger partial charge in [0.05, 0.1) is 12.1 Å². The first kappa shape index (κ1) is 18.5. The van der Waals surface area contributed by atoms with Crippen LogP contribution in [-0.2, 0) is 21.8 Å². The van der Waals surface area contributed by atoms with Crippen LogP contribution in [0.4, 0.5) is 13.2 Å². The highest BCUT2D eigenvalue weighted by Crippen LogP contribution is 2.37. The molecule has 3 aliphatic rings. The van der Waals surface area contributed by atoms with E-state index < -0.39 is 12.1 Å². The third-order valence-electron chi connectivity index (χ3n) is 3.05. The van der Waals surface area contributed by atoms with Crippen LogP contribution < -0.4 is 11.5 Å². The molecule has 1 aliphatic carbocycles. The number of nitrogens with two attached hydrogens (primary N) is 2. The molecule has 2 heterocycles. The van der Waals surface area contributed by atoms with Gasteiger partial charge in [0, 0.05) is 11.3 Å². The molecular formula is C12H11F3N6O3S. The average Bonchev–Trinajstić information content (AvgIpc) is 2.73. The molecule has 0 saturated heterocycles. The number of amidine groups is 1. The number of hydrogen-bond acceptors (Lipinski definition) is 7. The highest BCUT2D eigenvalue weighted by atomic mass is 32.2. The summed E-state index contributed by atoms with van der Waals surface area (Å²) in [6.07, 6.45) is -4.90. The number of nitrogens with zero attached hydrogens (tertiary/aromatic N) is 3. The molecule has 9 nitrogen and oxygen atoms in total. The predicted molar refractivity (Wildman–Crippen MR) is 81.6 cm³/mol. The van der Waals surface area contributed by atoms with Crippen molar-refractivity contribution >= 4 is 29.7 Å². The van der Waals surface area contributed by atoms with E-state index in [1.165, 1.54) is 11.9 Å². The normalized spacial score (nSPS) is 13.5. The Balaban J connectivity index is 0.000000277. The van der Waals surface area contributed by atoms with Crippen LogP contribution in [0, 0.1) is 0 Å². The number of aliphatic carboxylic acids is 1. The van der Waals surface area contributed by atoms with E-state index in [0.717, 1.165) is 22.4 Å². The Hall–Kier alpha value is -2.83. The zero-order valence-corrected chi connectivity index (χ0v) is 13.1. The van der Waals surface area contributed by atoms with Gasteiger partial charge in [-0.1, -0.05) is 0 Å². The van der Waals surface area contributed by atoms with E-state index in [-0.39, 0.29) is 12.3 Å². The van der Waals surface area contributed by atoms with Crippen LogP contribution in [0.5, 0.6) is 0 Å². The van der Waals surface area contributed by atoms with Crippen LogP contribution in [0.3, 0.4) is 0 Å². The van der Waals surface area contributed by atoms with Crippen molar-refractivity contribution in [1.82, 2.24) is 15.4 Å². The third kappa shape index (κ3) is 4.17. The monoisotopic (exact) mass is 376 g/mol. The Kier molecular flexibility index (Phi) is 5.15. The zero-order chi connectivity index (χ0) is 18.8. The SMILES string of the molecule is NC(=O)Cc1cc2n[nH]nc3c-2c1CSN=C3N.O=C(O)C(F)(F)F. The molecule has 0 aromatic rings. The van der Waals surface area contributed by atoms with E-state index in [2.05, 4.69) is 19.8 Å². The highest BCUT2D eigenvalue weighted by molar-refractivity contribution is 7.97. The van der Waals surface area contributed by atoms with Gasteiger partial charge in [-0.2, -0.15) is 33.0 Å². The lowest BCUT2D eigenvalue weighted by molar-refractivity contribution is -0.192. The highest BCUT2D eigenvalue weighted by Gasteiger charge is 2.38. The molecule has 0 spiro atoms. The number of halogens is 3. The Bertz CT molecular complexity index is 819. The summed E-state index contributed by atoms with van der Waals surface area (Å²) in [7, 11) is 0. The van der Waals surface area contributed by atoms with Crippen molar-refractivity contribution in [3.63, 3.8) is 0 Å². The average molecular weight is 376 g/mol. The molecule has 2 aliphatic heterocycles. The summed E-state index contributed by atoms with van der Waals surface area (Å²) in [5.74, 6) is -2.14. The number of H-pyrrole nitrogens is 1. The van der Waals surface area contributed by atoms with Crippen LogP contribution in [0.15, 0.2) is 10.5 Å². The van der Waals surface area contributed by atoms with Gasteiger partial charge in [0.15, 0.2) is 5.84 Å². The van der Waals surface area contributed by atoms with E-state index in [1.54, 1.807) is 0 Å². The standard InChI is InChI=1S/C10H10N6OS.C2HF3O2/c11-7(17)2-4-1-6-8-5(4)3-18-15-10(12)9(8)14-16-13-6;3-2(4,5)1(6)7/h1,16H,2-3H2,(H2,11,17)(H2,12,15);(H,6,7). The molecule has 3 rings (SSSR count). The van der Waals surface area contributed by atoms with Crippen LogP contribution in [-0.4, -0.2) is 44.4 Å². The van der Waals surface area contributed by atoms with Crippen molar-refractivity contribution in [2.45, 2.75) is 18.3 Å². The number of rotatable bonds is 2. The maximum atomic E-state index is 11.1. The largest absolute Gasteiger partial charge is 0.490 e. The molecule has 0 fully saturated rings. The molecule has 0 atom stereocenters. The molecule has 0 radical (unpaired) electrons. The fourth-order valence-electron chi connectivity index (χ4n) is 2.08. The number of alkyl halides is 3. The lowest BCUT2D eigenvalue weighted by Crippen LogP contribution is -2.21. The second-order valence-corrected chi connectivity index (χ2v) is 5.51. The van der Waals surface area contributed by atoms with Crippen molar-refractivity contribution < 1.29 is 27.9 Å². The van der Waals surface area contributed by atoms with Crippen LogP contribution in [0.1, 0.15) is 16.8 Å². The van der Waals surface area contributed by atoms with Crippen molar-refractivity contribution in [2.75, 3.05) is 0 Å². The number of carbonyl (C=O) groups excluding carboxylic acids is 1. The number of aromatic amines is 1. The second kappa shape index (κ2) is 6.96. The van der Waals surface area contributed by atoms with Gasteiger partial charge in [-0.05, 0) is 29.1 Å². The fraction of sp³-hybridized carbons (Fsp3) is 0.250. The third-order valence-corrected chi connectivity index (χ3v) is 3.79. The molecule has 0 aromatic carbocycles. The van der Waals surface area contributed by atoms with Crippen LogP contribution in [0.2, 0.25) is 0 Å². The van der Waals surface area contributed by atoms with E-state index in [0.29, 0.717) is 17.3 Å². The van der Waals surface area contributed by atoms with Gasteiger partial charge < -0.3 is 16.6 Å². The van der Waals surface area contributed by atoms with Gasteiger partial charge in [-0.3, -0.25) is 4.79 Å². The van der Waals surface area contributed by atoms with Gasteiger partial charge in [0.2, 0.25) is 5.91 Å². The molecule has 1 amide bonds. The molecule has 0 saturated carbocycles. The molecular weight excluding hydrogens is 365 g/mol. The van der Waals surface area contributed by atoms with Gasteiger partial charge in [-0.25, -0.2) is 4.79 Å². The number of primary amides is 1. The topological polar surface area (TPSA) is 160 Å². The number of hydrogen-bond donors (Lipinski definition) is 4. The molecule has 0 unspecified atom stereocenters. The zero-order valence-electron chi connectivity index (χ0n) is 12.3. The summed E-state index contributed by atoms with van der Waals surface area (Å²) >= 11 is 1.33. The predicted octanol–water partition coefficient (Wildman–Crippen LogP) is 0.438. The molecule has 134 valence electrons. The summed E-state index contributed by atoms with van der Waals surface area (Å²) < 4.78 is 35.9. The van der Waals surface area contributed by atoms with Gasteiger partial charge in [0.1, 0.15) is 5.69 Å². The first-order valence-electron chi connectivity index (χ1n) is 6.50. The van der Waals surface area contributed by atoms with Crippen LogP contribution >= 0.6 is 11.9 Å². The Morgan fingerprint density at radius 3 is 2.56 bits per heavy atom. The smallest absolute Gasteiger partial charge is 0.475 e. The maximum absolute atomic E-state index is 11.1. The number of amides is 1. The minimum atomic E-state index is -5.08. The van der Waals surface area contributed by atoms with Gasteiger partial charge in [0.25, 0.3) is 0 Å². The lowest BCUT2D eigenvalue weighted by atomic mass is 10.1. The van der Waals surface area contributed by atoms with Crippen molar-refractivity contribution in [2.24, 2.45) is 15.9 Å². The molecule has 13 heteroatoms.